The second-order valence-corrected chi connectivity index (χ2v) is 7.03. The van der Waals surface area contributed by atoms with Gasteiger partial charge in [-0.1, -0.05) is 6.07 Å². The molecule has 3 heterocycles. The number of ether oxygens (including phenoxy) is 2. The molecule has 0 atom stereocenters. The summed E-state index contributed by atoms with van der Waals surface area (Å²) >= 11 is 1.55. The van der Waals surface area contributed by atoms with Gasteiger partial charge in [-0.3, -0.25) is 4.40 Å². The average molecular weight is 389 g/mol. The molecule has 0 amide bonds. The number of cyclic esters (lactones) is 1. The third kappa shape index (κ3) is 3.33. The molecule has 1 aliphatic heterocycles. The lowest BCUT2D eigenvalue weighted by Crippen LogP contribution is -2.07. The fraction of sp³-hybridized carbons (Fsp3) is 0.167. The Labute approximate surface area is 156 Å². The van der Waals surface area contributed by atoms with E-state index >= 15 is 0 Å². The van der Waals surface area contributed by atoms with E-state index in [1.165, 1.54) is 18.2 Å². The van der Waals surface area contributed by atoms with Crippen molar-refractivity contribution in [2.45, 2.75) is 20.5 Å². The molecule has 0 saturated heterocycles. The second-order valence-electron chi connectivity index (χ2n) is 5.82. The summed E-state index contributed by atoms with van der Waals surface area (Å²) in [4.78, 5) is 22.8. The molecule has 0 unspecified atom stereocenters. The Morgan fingerprint density at radius 2 is 2.15 bits per heavy atom. The third-order valence-electron chi connectivity index (χ3n) is 3.86. The summed E-state index contributed by atoms with van der Waals surface area (Å²) < 4.78 is 36.2. The Bertz CT molecular complexity index is 1110. The monoisotopic (exact) mass is 389 g/mol. The lowest BCUT2D eigenvalue weighted by Gasteiger charge is -2.05. The van der Waals surface area contributed by atoms with Crippen molar-refractivity contribution >= 4 is 34.2 Å². The van der Waals surface area contributed by atoms with E-state index in [4.69, 9.17) is 4.74 Å². The number of rotatable bonds is 4. The van der Waals surface area contributed by atoms with Gasteiger partial charge in [0, 0.05) is 16.6 Å². The number of benzene rings is 1. The molecule has 0 bridgehead atoms. The van der Waals surface area contributed by atoms with Crippen molar-refractivity contribution in [3.8, 4) is 5.75 Å². The number of aliphatic imine (C=N–C) groups is 1. The number of hydrogen-bond donors (Lipinski definition) is 0. The molecule has 2 aromatic heterocycles. The molecule has 138 valence electrons. The number of esters is 1. The van der Waals surface area contributed by atoms with Gasteiger partial charge in [0.1, 0.15) is 5.75 Å². The maximum Gasteiger partial charge on any atom is 0.387 e. The molecule has 0 radical (unpaired) electrons. The zero-order valence-electron chi connectivity index (χ0n) is 14.3. The predicted octanol–water partition coefficient (Wildman–Crippen LogP) is 3.96. The molecular formula is C18H13F2N3O3S. The first-order chi connectivity index (χ1) is 12.9. The highest BCUT2D eigenvalue weighted by molar-refractivity contribution is 7.17. The summed E-state index contributed by atoms with van der Waals surface area (Å²) in [5, 5.41) is 0. The summed E-state index contributed by atoms with van der Waals surface area (Å²) in [6.45, 7) is 0.877. The largest absolute Gasteiger partial charge is 0.435 e. The maximum absolute atomic E-state index is 12.4. The van der Waals surface area contributed by atoms with Gasteiger partial charge >= 0.3 is 12.6 Å². The molecule has 6 nitrogen and oxygen atoms in total. The summed E-state index contributed by atoms with van der Waals surface area (Å²) in [6, 6.07) is 5.84. The zero-order chi connectivity index (χ0) is 19.1. The third-order valence-corrected chi connectivity index (χ3v) is 4.76. The fourth-order valence-corrected chi connectivity index (χ4v) is 3.60. The number of carbonyl (C=O) groups excluding carboxylic acids is 1. The minimum absolute atomic E-state index is 0.0332. The molecule has 0 N–H and O–H groups in total. The van der Waals surface area contributed by atoms with Crippen molar-refractivity contribution in [1.29, 1.82) is 0 Å². The van der Waals surface area contributed by atoms with Crippen molar-refractivity contribution in [2.24, 2.45) is 4.99 Å². The summed E-state index contributed by atoms with van der Waals surface area (Å²) in [6.07, 6.45) is 3.54. The first-order valence-electron chi connectivity index (χ1n) is 7.93. The van der Waals surface area contributed by atoms with E-state index in [1.54, 1.807) is 23.5 Å². The van der Waals surface area contributed by atoms with Gasteiger partial charge in [0.05, 0.1) is 11.4 Å². The van der Waals surface area contributed by atoms with Crippen LogP contribution < -0.4 is 4.74 Å². The van der Waals surface area contributed by atoms with Gasteiger partial charge in [-0.25, -0.2) is 14.8 Å². The number of fused-ring (bicyclic) bond motifs is 1. The minimum Gasteiger partial charge on any atom is -0.435 e. The molecule has 1 aromatic carbocycles. The smallest absolute Gasteiger partial charge is 0.387 e. The number of imidazole rings is 1. The van der Waals surface area contributed by atoms with Gasteiger partial charge in [-0.2, -0.15) is 8.78 Å². The number of thiazole rings is 1. The Kier molecular flexibility index (Phi) is 4.23. The second kappa shape index (κ2) is 6.58. The molecule has 3 aromatic rings. The standard InChI is InChI=1S/C18H13F2N3O3S/c1-9-8-23-14(10(2)21-18(23)27-9)7-13-16(24)26-15(22-13)11-4-3-5-12(6-11)25-17(19)20/h3-8,17H,1-2H3. The van der Waals surface area contributed by atoms with E-state index in [9.17, 15) is 13.6 Å². The first kappa shape index (κ1) is 17.3. The van der Waals surface area contributed by atoms with E-state index in [0.29, 0.717) is 5.56 Å². The summed E-state index contributed by atoms with van der Waals surface area (Å²) in [7, 11) is 0. The molecule has 0 spiro atoms. The highest BCUT2D eigenvalue weighted by Gasteiger charge is 2.25. The Morgan fingerprint density at radius 1 is 1.33 bits per heavy atom. The fourth-order valence-electron chi connectivity index (χ4n) is 2.72. The number of carbonyl (C=O) groups is 1. The van der Waals surface area contributed by atoms with Gasteiger partial charge in [-0.05, 0) is 38.1 Å². The number of hydrogen-bond acceptors (Lipinski definition) is 6. The Morgan fingerprint density at radius 3 is 2.93 bits per heavy atom. The maximum atomic E-state index is 12.4. The molecule has 0 saturated carbocycles. The molecule has 1 aliphatic rings. The number of nitrogens with zero attached hydrogens (tertiary/aromatic N) is 3. The van der Waals surface area contributed by atoms with E-state index in [-0.39, 0.29) is 17.3 Å². The van der Waals surface area contributed by atoms with Crippen LogP contribution >= 0.6 is 11.3 Å². The molecule has 0 aliphatic carbocycles. The van der Waals surface area contributed by atoms with E-state index < -0.39 is 12.6 Å². The average Bonchev–Trinajstić information content (AvgIpc) is 3.22. The number of aryl methyl sites for hydroxylation is 2. The molecule has 0 fully saturated rings. The molecule has 27 heavy (non-hydrogen) atoms. The van der Waals surface area contributed by atoms with Crippen molar-refractivity contribution in [3.63, 3.8) is 0 Å². The molecular weight excluding hydrogens is 376 g/mol. The van der Waals surface area contributed by atoms with Crippen LogP contribution in [-0.4, -0.2) is 27.9 Å². The molecule has 9 heteroatoms. The summed E-state index contributed by atoms with van der Waals surface area (Å²) in [5.41, 5.74) is 1.98. The Balaban J connectivity index is 1.70. The SMILES string of the molecule is Cc1cn2c(C=C3N=C(c4cccc(OC(F)F)c4)OC3=O)c(C)nc2s1. The van der Waals surface area contributed by atoms with E-state index in [0.717, 1.165) is 21.2 Å². The van der Waals surface area contributed by atoms with Crippen LogP contribution in [0, 0.1) is 13.8 Å². The van der Waals surface area contributed by atoms with Crippen LogP contribution in [0.3, 0.4) is 0 Å². The predicted molar refractivity (Wildman–Crippen MR) is 96.2 cm³/mol. The van der Waals surface area contributed by atoms with Crippen LogP contribution in [0.1, 0.15) is 21.8 Å². The van der Waals surface area contributed by atoms with Crippen LogP contribution in [0.4, 0.5) is 8.78 Å². The first-order valence-corrected chi connectivity index (χ1v) is 8.75. The highest BCUT2D eigenvalue weighted by Crippen LogP contribution is 2.26. The number of halogens is 2. The topological polar surface area (TPSA) is 65.2 Å². The lowest BCUT2D eigenvalue weighted by molar-refractivity contribution is -0.129. The quantitative estimate of drug-likeness (QED) is 0.501. The van der Waals surface area contributed by atoms with E-state index in [1.807, 2.05) is 24.4 Å². The van der Waals surface area contributed by atoms with Crippen molar-refractivity contribution < 1.29 is 23.0 Å². The van der Waals surface area contributed by atoms with Crippen LogP contribution in [0.15, 0.2) is 41.2 Å². The van der Waals surface area contributed by atoms with Crippen LogP contribution in [0.2, 0.25) is 0 Å². The Hall–Kier alpha value is -3.07. The highest BCUT2D eigenvalue weighted by atomic mass is 32.1. The van der Waals surface area contributed by atoms with Gasteiger partial charge in [0.2, 0.25) is 5.90 Å². The van der Waals surface area contributed by atoms with Crippen molar-refractivity contribution in [1.82, 2.24) is 9.38 Å². The van der Waals surface area contributed by atoms with Crippen LogP contribution in [-0.2, 0) is 9.53 Å². The van der Waals surface area contributed by atoms with Gasteiger partial charge in [-0.15, -0.1) is 11.3 Å². The van der Waals surface area contributed by atoms with Gasteiger partial charge in [0.15, 0.2) is 10.7 Å². The van der Waals surface area contributed by atoms with Crippen LogP contribution in [0.25, 0.3) is 11.0 Å². The minimum atomic E-state index is -2.94. The number of aromatic nitrogens is 2. The van der Waals surface area contributed by atoms with E-state index in [2.05, 4.69) is 14.7 Å². The summed E-state index contributed by atoms with van der Waals surface area (Å²) in [5.74, 6) is -0.627. The zero-order valence-corrected chi connectivity index (χ0v) is 15.1. The van der Waals surface area contributed by atoms with Crippen molar-refractivity contribution in [2.75, 3.05) is 0 Å². The molecule has 4 rings (SSSR count). The van der Waals surface area contributed by atoms with Crippen molar-refractivity contribution in [3.05, 3.63) is 58.0 Å². The van der Waals surface area contributed by atoms with Gasteiger partial charge < -0.3 is 9.47 Å². The lowest BCUT2D eigenvalue weighted by atomic mass is 10.2. The normalized spacial score (nSPS) is 15.7. The van der Waals surface area contributed by atoms with Gasteiger partial charge in [0.25, 0.3) is 0 Å². The van der Waals surface area contributed by atoms with Crippen LogP contribution in [0.5, 0.6) is 5.75 Å². The number of alkyl halides is 2.